The van der Waals surface area contributed by atoms with Gasteiger partial charge in [-0.3, -0.25) is 10.1 Å². The molecule has 0 unspecified atom stereocenters. The normalized spacial score (nSPS) is 10.3. The van der Waals surface area contributed by atoms with Crippen LogP contribution in [0.1, 0.15) is 15.9 Å². The zero-order valence-corrected chi connectivity index (χ0v) is 15.6. The maximum Gasteiger partial charge on any atom is 0.257 e. The van der Waals surface area contributed by atoms with Gasteiger partial charge in [0.25, 0.3) is 5.91 Å². The molecule has 0 radical (unpaired) electrons. The van der Waals surface area contributed by atoms with Gasteiger partial charge in [0.2, 0.25) is 0 Å². The Hall–Kier alpha value is -2.28. The van der Waals surface area contributed by atoms with Gasteiger partial charge in [0.15, 0.2) is 10.2 Å². The molecule has 2 aromatic carbocycles. The van der Waals surface area contributed by atoms with Crippen LogP contribution in [0.3, 0.4) is 0 Å². The molecule has 3 aromatic rings. The van der Waals surface area contributed by atoms with E-state index in [9.17, 15) is 4.79 Å². The Labute approximate surface area is 159 Å². The topological polar surface area (TPSA) is 54.0 Å². The zero-order chi connectivity index (χ0) is 17.8. The lowest BCUT2D eigenvalue weighted by molar-refractivity contribution is 0.0977. The Morgan fingerprint density at radius 2 is 1.96 bits per heavy atom. The van der Waals surface area contributed by atoms with Gasteiger partial charge in [-0.15, -0.1) is 11.3 Å². The summed E-state index contributed by atoms with van der Waals surface area (Å²) in [5, 5.41) is 9.01. The minimum Gasteiger partial charge on any atom is -0.308 e. The highest BCUT2D eigenvalue weighted by Crippen LogP contribution is 2.25. The van der Waals surface area contributed by atoms with Gasteiger partial charge in [0.1, 0.15) is 0 Å². The second kappa shape index (κ2) is 7.74. The second-order valence-electron chi connectivity index (χ2n) is 5.32. The molecule has 0 saturated heterocycles. The lowest BCUT2D eigenvalue weighted by Gasteiger charge is -2.07. The average molecular weight is 388 g/mol. The summed E-state index contributed by atoms with van der Waals surface area (Å²) >= 11 is 12.5. The number of aryl methyl sites for hydroxylation is 1. The third-order valence-corrected chi connectivity index (χ3v) is 4.59. The van der Waals surface area contributed by atoms with E-state index in [1.54, 1.807) is 12.1 Å². The van der Waals surface area contributed by atoms with E-state index in [0.29, 0.717) is 15.7 Å². The number of carbonyl (C=O) groups is 1. The molecule has 0 bridgehead atoms. The van der Waals surface area contributed by atoms with Gasteiger partial charge in [0.05, 0.1) is 5.69 Å². The van der Waals surface area contributed by atoms with E-state index in [-0.39, 0.29) is 11.0 Å². The van der Waals surface area contributed by atoms with E-state index in [0.717, 1.165) is 16.8 Å². The van der Waals surface area contributed by atoms with Gasteiger partial charge >= 0.3 is 0 Å². The summed E-state index contributed by atoms with van der Waals surface area (Å²) in [4.78, 5) is 16.7. The van der Waals surface area contributed by atoms with Crippen molar-refractivity contribution in [1.82, 2.24) is 10.3 Å². The average Bonchev–Trinajstić information content (AvgIpc) is 3.03. The molecule has 1 amide bonds. The Morgan fingerprint density at radius 1 is 1.20 bits per heavy atom. The molecular formula is C18H14ClN3OS2. The summed E-state index contributed by atoms with van der Waals surface area (Å²) < 4.78 is 0. The molecule has 3 rings (SSSR count). The Bertz CT molecular complexity index is 922. The molecule has 0 aliphatic rings. The van der Waals surface area contributed by atoms with E-state index in [4.69, 9.17) is 23.8 Å². The number of anilines is 1. The molecule has 0 aliphatic carbocycles. The van der Waals surface area contributed by atoms with Gasteiger partial charge in [-0.25, -0.2) is 4.98 Å². The molecule has 25 heavy (non-hydrogen) atoms. The molecule has 1 aromatic heterocycles. The molecule has 7 heteroatoms. The number of nitrogens with one attached hydrogen (secondary N) is 2. The monoisotopic (exact) mass is 387 g/mol. The van der Waals surface area contributed by atoms with E-state index < -0.39 is 0 Å². The quantitative estimate of drug-likeness (QED) is 0.627. The van der Waals surface area contributed by atoms with Crippen LogP contribution in [-0.2, 0) is 0 Å². The van der Waals surface area contributed by atoms with Crippen molar-refractivity contribution in [3.63, 3.8) is 0 Å². The van der Waals surface area contributed by atoms with Crippen LogP contribution >= 0.6 is 35.2 Å². The number of thiazole rings is 1. The van der Waals surface area contributed by atoms with Crippen LogP contribution in [0.2, 0.25) is 5.02 Å². The lowest BCUT2D eigenvalue weighted by atomic mass is 10.1. The third kappa shape index (κ3) is 4.63. The Kier molecular flexibility index (Phi) is 5.43. The van der Waals surface area contributed by atoms with Gasteiger partial charge in [-0.2, -0.15) is 0 Å². The number of benzene rings is 2. The fraction of sp³-hybridized carbons (Fsp3) is 0.0556. The van der Waals surface area contributed by atoms with Crippen molar-refractivity contribution in [2.24, 2.45) is 0 Å². The summed E-state index contributed by atoms with van der Waals surface area (Å²) in [6.45, 7) is 1.93. The largest absolute Gasteiger partial charge is 0.308 e. The van der Waals surface area contributed by atoms with Crippen LogP contribution in [-0.4, -0.2) is 16.0 Å². The van der Waals surface area contributed by atoms with E-state index in [1.165, 1.54) is 11.3 Å². The summed E-state index contributed by atoms with van der Waals surface area (Å²) in [6, 6.07) is 14.7. The number of carbonyl (C=O) groups excluding carboxylic acids is 1. The van der Waals surface area contributed by atoms with Crippen molar-refractivity contribution in [3.8, 4) is 11.3 Å². The predicted molar refractivity (Wildman–Crippen MR) is 107 cm³/mol. The van der Waals surface area contributed by atoms with E-state index in [1.807, 2.05) is 48.7 Å². The maximum absolute atomic E-state index is 12.2. The highest BCUT2D eigenvalue weighted by molar-refractivity contribution is 7.80. The minimum atomic E-state index is -0.254. The molecule has 0 fully saturated rings. The smallest absolute Gasteiger partial charge is 0.257 e. The molecule has 126 valence electrons. The first-order chi connectivity index (χ1) is 12.0. The summed E-state index contributed by atoms with van der Waals surface area (Å²) in [5.74, 6) is -0.254. The second-order valence-corrected chi connectivity index (χ2v) is 7.03. The number of amides is 1. The van der Waals surface area contributed by atoms with Gasteiger partial charge in [0, 0.05) is 21.5 Å². The highest BCUT2D eigenvalue weighted by Gasteiger charge is 2.10. The standard InChI is InChI=1S/C18H14ClN3OS2/c1-11-3-2-4-13(9-11)16(23)21-17(24)22-18-20-15(10-25-18)12-5-7-14(19)8-6-12/h2-10H,1H3,(H2,20,21,22,23,24). The van der Waals surface area contributed by atoms with Crippen molar-refractivity contribution in [2.45, 2.75) is 6.92 Å². The summed E-state index contributed by atoms with van der Waals surface area (Å²) in [7, 11) is 0. The third-order valence-electron chi connectivity index (χ3n) is 3.37. The first-order valence-electron chi connectivity index (χ1n) is 7.42. The lowest BCUT2D eigenvalue weighted by Crippen LogP contribution is -2.34. The Morgan fingerprint density at radius 3 is 2.68 bits per heavy atom. The van der Waals surface area contributed by atoms with Crippen LogP contribution in [0.15, 0.2) is 53.9 Å². The van der Waals surface area contributed by atoms with E-state index >= 15 is 0 Å². The van der Waals surface area contributed by atoms with Crippen molar-refractivity contribution in [1.29, 1.82) is 0 Å². The molecule has 2 N–H and O–H groups in total. The molecule has 1 heterocycles. The molecule has 0 aliphatic heterocycles. The SMILES string of the molecule is Cc1cccc(C(=O)NC(=S)Nc2nc(-c3ccc(Cl)cc3)cs2)c1. The number of hydrogen-bond acceptors (Lipinski definition) is 4. The fourth-order valence-corrected chi connectivity index (χ4v) is 3.28. The van der Waals surface area contributed by atoms with Crippen molar-refractivity contribution >= 4 is 51.3 Å². The maximum atomic E-state index is 12.2. The molecular weight excluding hydrogens is 374 g/mol. The fourth-order valence-electron chi connectivity index (χ4n) is 2.17. The zero-order valence-electron chi connectivity index (χ0n) is 13.2. The predicted octanol–water partition coefficient (Wildman–Crippen LogP) is 4.90. The van der Waals surface area contributed by atoms with Crippen LogP contribution in [0.5, 0.6) is 0 Å². The molecule has 0 atom stereocenters. The van der Waals surface area contributed by atoms with Crippen LogP contribution < -0.4 is 10.6 Å². The van der Waals surface area contributed by atoms with Crippen molar-refractivity contribution < 1.29 is 4.79 Å². The summed E-state index contributed by atoms with van der Waals surface area (Å²) in [5.41, 5.74) is 3.35. The number of nitrogens with zero attached hydrogens (tertiary/aromatic N) is 1. The number of hydrogen-bond donors (Lipinski definition) is 2. The Balaban J connectivity index is 1.63. The minimum absolute atomic E-state index is 0.212. The number of thiocarbonyl (C=S) groups is 1. The summed E-state index contributed by atoms with van der Waals surface area (Å²) in [6.07, 6.45) is 0. The number of aromatic nitrogens is 1. The first kappa shape index (κ1) is 17.5. The van der Waals surface area contributed by atoms with Crippen LogP contribution in [0, 0.1) is 6.92 Å². The van der Waals surface area contributed by atoms with Crippen molar-refractivity contribution in [3.05, 3.63) is 70.1 Å². The van der Waals surface area contributed by atoms with Crippen LogP contribution in [0.4, 0.5) is 5.13 Å². The number of rotatable bonds is 3. The molecule has 0 spiro atoms. The van der Waals surface area contributed by atoms with Gasteiger partial charge in [-0.1, -0.05) is 41.4 Å². The molecule has 4 nitrogen and oxygen atoms in total. The van der Waals surface area contributed by atoms with Crippen molar-refractivity contribution in [2.75, 3.05) is 5.32 Å². The van der Waals surface area contributed by atoms with Gasteiger partial charge in [-0.05, 0) is 43.4 Å². The first-order valence-corrected chi connectivity index (χ1v) is 9.08. The molecule has 0 saturated carbocycles. The van der Waals surface area contributed by atoms with Crippen LogP contribution in [0.25, 0.3) is 11.3 Å². The number of halogens is 1. The highest BCUT2D eigenvalue weighted by atomic mass is 35.5. The van der Waals surface area contributed by atoms with Gasteiger partial charge < -0.3 is 5.32 Å². The van der Waals surface area contributed by atoms with E-state index in [2.05, 4.69) is 15.6 Å².